The van der Waals surface area contributed by atoms with Crippen molar-refractivity contribution in [3.8, 4) is 11.6 Å². The van der Waals surface area contributed by atoms with E-state index in [2.05, 4.69) is 20.3 Å². The topological polar surface area (TPSA) is 113 Å². The number of aromatic amines is 1. The Labute approximate surface area is 213 Å². The van der Waals surface area contributed by atoms with E-state index in [1.54, 1.807) is 62.8 Å². The number of H-pyrrole nitrogens is 1. The molecule has 1 aliphatic rings. The summed E-state index contributed by atoms with van der Waals surface area (Å²) in [6.45, 7) is 3.91. The smallest absolute Gasteiger partial charge is 0.254 e. The first-order valence-electron chi connectivity index (χ1n) is 11.3. The minimum Gasteiger partial charge on any atom is -0.439 e. The molecule has 3 aromatic heterocycles. The maximum absolute atomic E-state index is 13.0. The predicted molar refractivity (Wildman–Crippen MR) is 138 cm³/mol. The number of aliphatic hydroxyl groups excluding tert-OH is 1. The maximum Gasteiger partial charge on any atom is 0.254 e. The highest BCUT2D eigenvalue weighted by Crippen LogP contribution is 2.43. The predicted octanol–water partition coefficient (Wildman–Crippen LogP) is 4.59. The Hall–Kier alpha value is -3.66. The van der Waals surface area contributed by atoms with Gasteiger partial charge in [0.2, 0.25) is 5.88 Å². The summed E-state index contributed by atoms with van der Waals surface area (Å²) in [5.41, 5.74) is 2.97. The number of aliphatic hydroxyl groups is 1. The zero-order valence-electron chi connectivity index (χ0n) is 20.3. The number of pyridine rings is 2. The largest absolute Gasteiger partial charge is 0.439 e. The Morgan fingerprint density at radius 3 is 2.75 bits per heavy atom. The monoisotopic (exact) mass is 507 g/mol. The molecule has 4 aromatic rings. The van der Waals surface area contributed by atoms with Gasteiger partial charge in [0, 0.05) is 43.7 Å². The summed E-state index contributed by atoms with van der Waals surface area (Å²) in [5, 5.41) is 15.8. The Morgan fingerprint density at radius 2 is 2.03 bits per heavy atom. The Kier molecular flexibility index (Phi) is 6.07. The fraction of sp³-hybridized carbons (Fsp3) is 0.269. The zero-order chi connectivity index (χ0) is 25.6. The van der Waals surface area contributed by atoms with Crippen molar-refractivity contribution < 1.29 is 19.4 Å². The summed E-state index contributed by atoms with van der Waals surface area (Å²) in [4.78, 5) is 26.4. The van der Waals surface area contributed by atoms with Crippen molar-refractivity contribution in [1.82, 2.24) is 15.0 Å². The van der Waals surface area contributed by atoms with Crippen LogP contribution < -0.4 is 15.0 Å². The first-order chi connectivity index (χ1) is 17.2. The maximum atomic E-state index is 13.0. The number of fused-ring (bicyclic) bond motifs is 3. The van der Waals surface area contributed by atoms with Crippen molar-refractivity contribution in [3.63, 3.8) is 0 Å². The second-order valence-electron chi connectivity index (χ2n) is 9.10. The van der Waals surface area contributed by atoms with Crippen molar-refractivity contribution in [1.29, 1.82) is 0 Å². The van der Waals surface area contributed by atoms with E-state index in [1.807, 2.05) is 19.1 Å². The van der Waals surface area contributed by atoms with Crippen LogP contribution in [-0.4, -0.2) is 52.3 Å². The first-order valence-corrected chi connectivity index (χ1v) is 11.7. The van der Waals surface area contributed by atoms with E-state index >= 15 is 0 Å². The molecule has 1 amide bonds. The molecule has 10 heteroatoms. The summed E-state index contributed by atoms with van der Waals surface area (Å²) < 4.78 is 11.1. The van der Waals surface area contributed by atoms with Crippen LogP contribution in [0.5, 0.6) is 11.6 Å². The molecule has 0 spiro atoms. The minimum atomic E-state index is -1.07. The van der Waals surface area contributed by atoms with Crippen LogP contribution in [0, 0.1) is 6.92 Å². The number of hydrogen-bond donors (Lipinski definition) is 3. The van der Waals surface area contributed by atoms with Gasteiger partial charge in [-0.3, -0.25) is 4.79 Å². The lowest BCUT2D eigenvalue weighted by atomic mass is 9.94. The number of rotatable bonds is 6. The number of likely N-dealkylation sites (N-methyl/N-ethyl adjacent to an activating group) is 1. The van der Waals surface area contributed by atoms with E-state index in [1.165, 1.54) is 0 Å². The van der Waals surface area contributed by atoms with Crippen LogP contribution in [0.25, 0.3) is 11.0 Å². The molecule has 0 saturated carbocycles. The molecule has 9 nitrogen and oxygen atoms in total. The number of aromatic nitrogens is 3. The van der Waals surface area contributed by atoms with Crippen LogP contribution in [0.4, 0.5) is 11.4 Å². The standard InChI is InChI=1S/C26H26ClN5O4/c1-14-7-8-28-20(9-14)36-15-5-6-16(18(27)10-15)23(33)17-11-29-24-21(17)22-19(12-30-24)32(3)25(34)26(2,31-22)13-35-4/h5-12,23,31,33H,13H2,1-4H3,(H,29,30). The second kappa shape index (κ2) is 9.09. The molecule has 36 heavy (non-hydrogen) atoms. The van der Waals surface area contributed by atoms with Crippen LogP contribution in [0.15, 0.2) is 48.9 Å². The Bertz CT molecular complexity index is 1470. The van der Waals surface area contributed by atoms with Crippen molar-refractivity contribution in [2.75, 3.05) is 31.0 Å². The van der Waals surface area contributed by atoms with Crippen molar-refractivity contribution in [3.05, 3.63) is 70.6 Å². The molecule has 0 aliphatic carbocycles. The van der Waals surface area contributed by atoms with Gasteiger partial charge >= 0.3 is 0 Å². The van der Waals surface area contributed by atoms with Crippen LogP contribution in [-0.2, 0) is 9.53 Å². The third kappa shape index (κ3) is 4.05. The van der Waals surface area contributed by atoms with Gasteiger partial charge in [-0.05, 0) is 37.6 Å². The summed E-state index contributed by atoms with van der Waals surface area (Å²) >= 11 is 6.59. The SMILES string of the molecule is COCC1(C)Nc2c(cnc3[nH]cc(C(O)c4ccc(Oc5cc(C)ccn5)cc4Cl)c23)N(C)C1=O. The molecule has 2 unspecified atom stereocenters. The van der Waals surface area contributed by atoms with Crippen LogP contribution >= 0.6 is 11.6 Å². The second-order valence-corrected chi connectivity index (χ2v) is 9.51. The van der Waals surface area contributed by atoms with Gasteiger partial charge in [0.25, 0.3) is 5.91 Å². The van der Waals surface area contributed by atoms with E-state index in [4.69, 9.17) is 21.1 Å². The molecular formula is C26H26ClN5O4. The molecule has 1 aliphatic heterocycles. The van der Waals surface area contributed by atoms with Crippen LogP contribution in [0.1, 0.15) is 29.7 Å². The number of nitrogens with zero attached hydrogens (tertiary/aromatic N) is 3. The number of aryl methyl sites for hydroxylation is 1. The number of methoxy groups -OCH3 is 1. The third-order valence-corrected chi connectivity index (χ3v) is 6.69. The molecule has 0 radical (unpaired) electrons. The molecule has 2 atom stereocenters. The number of benzene rings is 1. The van der Waals surface area contributed by atoms with E-state index < -0.39 is 11.6 Å². The first kappa shape index (κ1) is 24.1. The molecule has 0 bridgehead atoms. The van der Waals surface area contributed by atoms with Crippen molar-refractivity contribution in [2.24, 2.45) is 0 Å². The number of hydrogen-bond acceptors (Lipinski definition) is 7. The highest BCUT2D eigenvalue weighted by atomic mass is 35.5. The van der Waals surface area contributed by atoms with Gasteiger partial charge in [0.1, 0.15) is 23.0 Å². The summed E-state index contributed by atoms with van der Waals surface area (Å²) in [6, 6.07) is 8.81. The number of halogens is 1. The Morgan fingerprint density at radius 1 is 1.22 bits per heavy atom. The average molecular weight is 508 g/mol. The zero-order valence-corrected chi connectivity index (χ0v) is 21.1. The number of carbonyl (C=O) groups is 1. The number of anilines is 2. The fourth-order valence-corrected chi connectivity index (χ4v) is 4.82. The van der Waals surface area contributed by atoms with Crippen molar-refractivity contribution in [2.45, 2.75) is 25.5 Å². The van der Waals surface area contributed by atoms with E-state index in [0.29, 0.717) is 50.2 Å². The normalized spacial score (nSPS) is 18.2. The van der Waals surface area contributed by atoms with Crippen molar-refractivity contribution >= 4 is 39.9 Å². The van der Waals surface area contributed by atoms with Gasteiger partial charge in [-0.15, -0.1) is 0 Å². The van der Waals surface area contributed by atoms with Gasteiger partial charge in [0.05, 0.1) is 34.6 Å². The van der Waals surface area contributed by atoms with E-state index in [0.717, 1.165) is 5.56 Å². The Balaban J connectivity index is 1.53. The number of amides is 1. The number of carbonyl (C=O) groups excluding carboxylic acids is 1. The minimum absolute atomic E-state index is 0.141. The molecular weight excluding hydrogens is 482 g/mol. The molecule has 1 aromatic carbocycles. The van der Waals surface area contributed by atoms with Gasteiger partial charge in [-0.1, -0.05) is 17.7 Å². The van der Waals surface area contributed by atoms with Gasteiger partial charge in [0.15, 0.2) is 0 Å². The molecule has 3 N–H and O–H groups in total. The summed E-state index contributed by atoms with van der Waals surface area (Å²) in [5.74, 6) is 0.819. The summed E-state index contributed by atoms with van der Waals surface area (Å²) in [7, 11) is 3.25. The van der Waals surface area contributed by atoms with Gasteiger partial charge < -0.3 is 29.8 Å². The quantitative estimate of drug-likeness (QED) is 0.350. The lowest BCUT2D eigenvalue weighted by molar-refractivity contribution is -0.124. The summed E-state index contributed by atoms with van der Waals surface area (Å²) in [6.07, 6.45) is 3.93. The van der Waals surface area contributed by atoms with Crippen LogP contribution in [0.3, 0.4) is 0 Å². The number of ether oxygens (including phenoxy) is 2. The van der Waals surface area contributed by atoms with E-state index in [9.17, 15) is 9.90 Å². The number of nitrogens with one attached hydrogen (secondary N) is 2. The van der Waals surface area contributed by atoms with Gasteiger partial charge in [-0.25, -0.2) is 9.97 Å². The lowest BCUT2D eigenvalue weighted by Gasteiger charge is -2.40. The average Bonchev–Trinajstić information content (AvgIpc) is 3.27. The molecule has 5 rings (SSSR count). The third-order valence-electron chi connectivity index (χ3n) is 6.36. The molecule has 0 fully saturated rings. The fourth-order valence-electron chi connectivity index (χ4n) is 4.55. The lowest BCUT2D eigenvalue weighted by Crippen LogP contribution is -2.57. The highest BCUT2D eigenvalue weighted by Gasteiger charge is 2.42. The van der Waals surface area contributed by atoms with Gasteiger partial charge in [-0.2, -0.15) is 0 Å². The highest BCUT2D eigenvalue weighted by molar-refractivity contribution is 6.31. The molecule has 186 valence electrons. The van der Waals surface area contributed by atoms with Crippen LogP contribution in [0.2, 0.25) is 5.02 Å². The molecule has 0 saturated heterocycles. The van der Waals surface area contributed by atoms with E-state index in [-0.39, 0.29) is 12.5 Å². The molecule has 4 heterocycles.